The van der Waals surface area contributed by atoms with E-state index in [9.17, 15) is 9.59 Å². The normalized spacial score (nSPS) is 16.5. The van der Waals surface area contributed by atoms with Crippen molar-refractivity contribution in [1.29, 1.82) is 0 Å². The van der Waals surface area contributed by atoms with Crippen LogP contribution in [0.4, 0.5) is 11.4 Å². The van der Waals surface area contributed by atoms with E-state index in [-0.39, 0.29) is 17.1 Å². The van der Waals surface area contributed by atoms with Gasteiger partial charge in [-0.3, -0.25) is 9.59 Å². The Bertz CT molecular complexity index is 714. The van der Waals surface area contributed by atoms with Gasteiger partial charge < -0.3 is 10.6 Å². The molecule has 1 radical (unpaired) electrons. The Morgan fingerprint density at radius 1 is 0.680 bits per heavy atom. The Kier molecular flexibility index (Phi) is 7.40. The van der Waals surface area contributed by atoms with Crippen LogP contribution in [0.5, 0.6) is 0 Å². The zero-order valence-corrected chi connectivity index (χ0v) is 15.6. The van der Waals surface area contributed by atoms with Gasteiger partial charge in [0, 0.05) is 0 Å². The molecule has 125 valence electrons. The third kappa shape index (κ3) is 5.03. The maximum Gasteiger partial charge on any atom is 2.00 e. The third-order valence-corrected chi connectivity index (χ3v) is 5.05. The molecule has 0 bridgehead atoms. The molecule has 4 rings (SSSR count). The molecular weight excluding hydrogens is 395 g/mol. The summed E-state index contributed by atoms with van der Waals surface area (Å²) in [6.45, 7) is 0. The van der Waals surface area contributed by atoms with Crippen LogP contribution < -0.4 is 0 Å². The van der Waals surface area contributed by atoms with E-state index in [1.54, 1.807) is 0 Å². The predicted octanol–water partition coefficient (Wildman–Crippen LogP) is 5.67. The van der Waals surface area contributed by atoms with Crippen molar-refractivity contribution in [3.63, 3.8) is 0 Å². The van der Waals surface area contributed by atoms with Crippen LogP contribution in [-0.2, 0) is 26.7 Å². The number of nitrogens with zero attached hydrogens (tertiary/aromatic N) is 2. The maximum atomic E-state index is 10.2. The molecule has 7 heteroatoms. The van der Waals surface area contributed by atoms with Crippen molar-refractivity contribution >= 4 is 47.5 Å². The summed E-state index contributed by atoms with van der Waals surface area (Å²) in [5, 5.41) is 10.0. The van der Waals surface area contributed by atoms with Gasteiger partial charge in [-0.25, -0.2) is 0 Å². The van der Waals surface area contributed by atoms with E-state index in [4.69, 9.17) is 0 Å². The molecule has 2 aromatic carbocycles. The molecular formula is C18H12MnN2O2S2. The zero-order chi connectivity index (χ0) is 16.8. The van der Waals surface area contributed by atoms with E-state index in [1.807, 2.05) is 48.5 Å². The molecule has 4 nitrogen and oxygen atoms in total. The number of benzene rings is 2. The maximum absolute atomic E-state index is 10.2. The molecule has 0 amide bonds. The fourth-order valence-electron chi connectivity index (χ4n) is 2.04. The van der Waals surface area contributed by atoms with Crippen LogP contribution in [0.15, 0.2) is 80.5 Å². The smallest absolute Gasteiger partial charge is 0.651 e. The third-order valence-electron chi connectivity index (χ3n) is 3.04. The van der Waals surface area contributed by atoms with Crippen molar-refractivity contribution in [2.75, 3.05) is 0 Å². The van der Waals surface area contributed by atoms with Gasteiger partial charge in [0.1, 0.15) is 12.6 Å². The summed E-state index contributed by atoms with van der Waals surface area (Å²) in [5.41, 5.74) is 1.91. The molecule has 0 N–H and O–H groups in total. The first kappa shape index (κ1) is 19.4. The van der Waals surface area contributed by atoms with Crippen molar-refractivity contribution < 1.29 is 26.7 Å². The van der Waals surface area contributed by atoms with Crippen molar-refractivity contribution in [1.82, 2.24) is 0 Å². The van der Waals surface area contributed by atoms with Gasteiger partial charge >= 0.3 is 17.1 Å². The van der Waals surface area contributed by atoms with Crippen molar-refractivity contribution in [3.05, 3.63) is 81.4 Å². The molecule has 0 aliphatic carbocycles. The minimum Gasteiger partial charge on any atom is -0.651 e. The predicted molar refractivity (Wildman–Crippen MR) is 98.9 cm³/mol. The van der Waals surface area contributed by atoms with E-state index in [2.05, 4.69) is 10.6 Å². The van der Waals surface area contributed by atoms with Gasteiger partial charge in [-0.15, -0.1) is 34.9 Å². The first-order valence-corrected chi connectivity index (χ1v) is 8.71. The Balaban J connectivity index is 0.000000173. The van der Waals surface area contributed by atoms with E-state index in [0.29, 0.717) is 0 Å². The van der Waals surface area contributed by atoms with E-state index < -0.39 is 0 Å². The molecule has 0 fully saturated rings. The molecule has 0 saturated carbocycles. The minimum absolute atomic E-state index is 0. The number of aldehydes is 2. The van der Waals surface area contributed by atoms with Gasteiger partial charge in [-0.1, -0.05) is 46.5 Å². The number of fused-ring (bicyclic) bond motifs is 2. The molecule has 0 unspecified atom stereocenters. The summed E-state index contributed by atoms with van der Waals surface area (Å²) in [6.07, 6.45) is 4.48. The summed E-state index contributed by atoms with van der Waals surface area (Å²) in [4.78, 5) is 22.6. The summed E-state index contributed by atoms with van der Waals surface area (Å²) in [6, 6.07) is 15.7. The van der Waals surface area contributed by atoms with E-state index in [1.165, 1.54) is 35.7 Å². The second kappa shape index (κ2) is 9.53. The zero-order valence-electron chi connectivity index (χ0n) is 12.8. The molecule has 2 aliphatic heterocycles. The number of thioether (sulfide) groups is 2. The molecule has 0 atom stereocenters. The van der Waals surface area contributed by atoms with Crippen LogP contribution in [-0.4, -0.2) is 12.6 Å². The molecule has 2 heterocycles. The fraction of sp³-hybridized carbons (Fsp3) is 0. The van der Waals surface area contributed by atoms with Gasteiger partial charge in [0.2, 0.25) is 0 Å². The molecule has 0 spiro atoms. The average molecular weight is 407 g/mol. The van der Waals surface area contributed by atoms with Crippen LogP contribution >= 0.6 is 23.5 Å². The number of carbonyl (C=O) groups is 2. The number of hydrogen-bond acceptors (Lipinski definition) is 4. The second-order valence-electron chi connectivity index (χ2n) is 4.65. The van der Waals surface area contributed by atoms with Crippen LogP contribution in [0.2, 0.25) is 0 Å². The molecule has 2 aromatic rings. The van der Waals surface area contributed by atoms with Crippen molar-refractivity contribution in [2.45, 2.75) is 9.79 Å². The summed E-state index contributed by atoms with van der Waals surface area (Å²) >= 11 is 3.05. The van der Waals surface area contributed by atoms with Crippen molar-refractivity contribution in [3.8, 4) is 0 Å². The van der Waals surface area contributed by atoms with Crippen LogP contribution in [0.1, 0.15) is 0 Å². The first-order chi connectivity index (χ1) is 11.8. The number of carbonyl (C=O) groups excluding carboxylic acids is 2. The molecule has 2 aliphatic rings. The first-order valence-electron chi connectivity index (χ1n) is 7.08. The minimum atomic E-state index is 0. The monoisotopic (exact) mass is 407 g/mol. The summed E-state index contributed by atoms with van der Waals surface area (Å²) in [5.74, 6) is 0. The number of rotatable bonds is 2. The van der Waals surface area contributed by atoms with Crippen LogP contribution in [0, 0.1) is 0 Å². The number of allylic oxidation sites excluding steroid dienone is 2. The van der Waals surface area contributed by atoms with Crippen LogP contribution in [0.3, 0.4) is 0 Å². The van der Waals surface area contributed by atoms with Gasteiger partial charge in [0.25, 0.3) is 0 Å². The number of para-hydroxylation sites is 2. The standard InChI is InChI=1S/2C9H7NOS.Mn/c2*11-6-5-9-10-7-3-1-2-4-8(7)12-9;/h2*1-6H,(H,10,11);/q;;+2/p-2. The fourth-order valence-corrected chi connectivity index (χ4v) is 3.75. The molecule has 0 saturated heterocycles. The second-order valence-corrected chi connectivity index (χ2v) is 6.77. The van der Waals surface area contributed by atoms with Gasteiger partial charge in [-0.05, 0) is 34.1 Å². The van der Waals surface area contributed by atoms with Gasteiger partial charge in [0.15, 0.2) is 0 Å². The molecule has 25 heavy (non-hydrogen) atoms. The van der Waals surface area contributed by atoms with Gasteiger partial charge in [0.05, 0.1) is 0 Å². The Morgan fingerprint density at radius 2 is 1.08 bits per heavy atom. The molecule has 0 aromatic heterocycles. The van der Waals surface area contributed by atoms with E-state index in [0.717, 1.165) is 43.8 Å². The Hall–Kier alpha value is -1.92. The van der Waals surface area contributed by atoms with Crippen LogP contribution in [0.25, 0.3) is 10.6 Å². The van der Waals surface area contributed by atoms with E-state index >= 15 is 0 Å². The largest absolute Gasteiger partial charge is 2.00 e. The Morgan fingerprint density at radius 3 is 1.44 bits per heavy atom. The topological polar surface area (TPSA) is 62.3 Å². The summed E-state index contributed by atoms with van der Waals surface area (Å²) < 4.78 is 0. The van der Waals surface area contributed by atoms with Gasteiger partial charge in [-0.2, -0.15) is 0 Å². The Labute approximate surface area is 165 Å². The summed E-state index contributed by atoms with van der Waals surface area (Å²) in [7, 11) is 0. The SMILES string of the molecule is O=C/C=C1\[N-]c2ccccc2S1.O=C/C=C1\[N-]c2ccccc2S1.[Mn+2]. The quantitative estimate of drug-likeness (QED) is 0.365. The average Bonchev–Trinajstić information content (AvgIpc) is 3.18. The van der Waals surface area contributed by atoms with Crippen molar-refractivity contribution in [2.24, 2.45) is 0 Å². The number of hydrogen-bond donors (Lipinski definition) is 0.